The molecule has 3 aromatic carbocycles. The van der Waals surface area contributed by atoms with E-state index in [0.717, 1.165) is 113 Å². The average molecular weight is 580 g/mol. The van der Waals surface area contributed by atoms with Crippen molar-refractivity contribution in [2.24, 2.45) is 0 Å². The minimum atomic E-state index is -0.528. The number of ether oxygens (including phenoxy) is 4. The highest BCUT2D eigenvalue weighted by Crippen LogP contribution is 2.51. The molecule has 2 aliphatic heterocycles. The van der Waals surface area contributed by atoms with Crippen LogP contribution in [0.4, 0.5) is 17.1 Å². The van der Waals surface area contributed by atoms with Crippen molar-refractivity contribution in [2.75, 3.05) is 4.90 Å². The number of nitrogens with zero attached hydrogens (tertiary/aromatic N) is 1. The second kappa shape index (κ2) is 10.1. The second-order valence-electron chi connectivity index (χ2n) is 11.8. The van der Waals surface area contributed by atoms with Crippen LogP contribution < -0.4 is 23.8 Å². The monoisotopic (exact) mass is 579 g/mol. The Kier molecular flexibility index (Phi) is 6.18. The maximum absolute atomic E-state index is 11.2. The molecule has 3 heterocycles. The zero-order valence-corrected chi connectivity index (χ0v) is 24.3. The van der Waals surface area contributed by atoms with Gasteiger partial charge in [-0.3, -0.25) is 4.79 Å². The second-order valence-corrected chi connectivity index (χ2v) is 12.9. The van der Waals surface area contributed by atoms with Gasteiger partial charge in [0, 0.05) is 48.4 Å². The van der Waals surface area contributed by atoms with E-state index in [2.05, 4.69) is 53.4 Å². The zero-order chi connectivity index (χ0) is 28.1. The van der Waals surface area contributed by atoms with Gasteiger partial charge in [0.2, 0.25) is 0 Å². The smallest absolute Gasteiger partial charge is 0.251 e. The summed E-state index contributed by atoms with van der Waals surface area (Å²) >= 11 is 1.50. The van der Waals surface area contributed by atoms with E-state index in [4.69, 9.17) is 18.9 Å². The number of thiophene rings is 1. The first-order chi connectivity index (χ1) is 20.6. The molecule has 2 saturated carbocycles. The first-order valence-corrected chi connectivity index (χ1v) is 15.9. The fourth-order valence-corrected chi connectivity index (χ4v) is 7.65. The number of hydrogen-bond donors (Lipinski definition) is 0. The van der Waals surface area contributed by atoms with Gasteiger partial charge < -0.3 is 23.8 Å². The Morgan fingerprint density at radius 2 is 1.07 bits per heavy atom. The van der Waals surface area contributed by atoms with Crippen LogP contribution in [0.3, 0.4) is 0 Å². The van der Waals surface area contributed by atoms with Crippen LogP contribution in [0.5, 0.6) is 23.0 Å². The van der Waals surface area contributed by atoms with Crippen LogP contribution in [0.15, 0.2) is 72.8 Å². The van der Waals surface area contributed by atoms with Gasteiger partial charge in [-0.05, 0) is 79.8 Å². The molecule has 0 bridgehead atoms. The summed E-state index contributed by atoms with van der Waals surface area (Å²) in [7, 11) is 0. The summed E-state index contributed by atoms with van der Waals surface area (Å²) in [4.78, 5) is 15.2. The lowest BCUT2D eigenvalue weighted by Crippen LogP contribution is -2.40. The predicted octanol–water partition coefficient (Wildman–Crippen LogP) is 9.56. The maximum Gasteiger partial charge on any atom is 0.251 e. The molecule has 2 aliphatic carbocycles. The number of anilines is 3. The van der Waals surface area contributed by atoms with E-state index in [1.54, 1.807) is 0 Å². The Morgan fingerprint density at radius 1 is 0.571 bits per heavy atom. The van der Waals surface area contributed by atoms with Crippen LogP contribution in [0.2, 0.25) is 0 Å². The number of fused-ring (bicyclic) bond motifs is 2. The third-order valence-corrected chi connectivity index (χ3v) is 10.00. The van der Waals surface area contributed by atoms with Gasteiger partial charge in [0.1, 0.15) is 0 Å². The maximum atomic E-state index is 11.2. The van der Waals surface area contributed by atoms with Crippen molar-refractivity contribution >= 4 is 34.7 Å². The van der Waals surface area contributed by atoms with Crippen molar-refractivity contribution in [3.05, 3.63) is 77.7 Å². The third kappa shape index (κ3) is 4.51. The first kappa shape index (κ1) is 25.7. The van der Waals surface area contributed by atoms with E-state index >= 15 is 0 Å². The first-order valence-electron chi connectivity index (χ1n) is 15.1. The Labute approximate surface area is 249 Å². The standard InChI is InChI=1S/C35H33NO5S/c37-23-28-13-16-33(42-28)24-7-9-25(10-8-24)36(26-11-14-29-31(21-26)40-34(38-29)17-3-1-4-18-34)27-12-15-30-32(22-27)41-35(39-30)19-5-2-6-20-35/h7-16,21-23H,1-6,17-20H2. The fourth-order valence-electron chi connectivity index (χ4n) is 6.83. The summed E-state index contributed by atoms with van der Waals surface area (Å²) in [5, 5.41) is 0. The highest BCUT2D eigenvalue weighted by atomic mass is 32.1. The van der Waals surface area contributed by atoms with Gasteiger partial charge >= 0.3 is 0 Å². The molecule has 4 aromatic rings. The lowest BCUT2D eigenvalue weighted by atomic mass is 9.94. The van der Waals surface area contributed by atoms with Crippen LogP contribution in [-0.4, -0.2) is 17.9 Å². The van der Waals surface area contributed by atoms with E-state index < -0.39 is 11.6 Å². The molecule has 0 N–H and O–H groups in total. The fraction of sp³-hybridized carbons (Fsp3) is 0.343. The van der Waals surface area contributed by atoms with Crippen molar-refractivity contribution in [3.63, 3.8) is 0 Å². The summed E-state index contributed by atoms with van der Waals surface area (Å²) in [5.41, 5.74) is 4.03. The number of carbonyl (C=O) groups excluding carboxylic acids is 1. The lowest BCUT2D eigenvalue weighted by Gasteiger charge is -2.31. The molecule has 7 heteroatoms. The molecule has 2 spiro atoms. The predicted molar refractivity (Wildman–Crippen MR) is 164 cm³/mol. The Bertz CT molecular complexity index is 1550. The molecule has 214 valence electrons. The molecule has 2 fully saturated rings. The number of aldehydes is 1. The molecule has 0 radical (unpaired) electrons. The van der Waals surface area contributed by atoms with E-state index in [0.29, 0.717) is 0 Å². The zero-order valence-electron chi connectivity index (χ0n) is 23.5. The van der Waals surface area contributed by atoms with E-state index in [1.165, 1.54) is 24.2 Å². The summed E-state index contributed by atoms with van der Waals surface area (Å²) in [5.74, 6) is 2.14. The van der Waals surface area contributed by atoms with Crippen LogP contribution >= 0.6 is 11.3 Å². The molecule has 0 amide bonds. The van der Waals surface area contributed by atoms with Crippen LogP contribution in [0, 0.1) is 0 Å². The summed E-state index contributed by atoms with van der Waals surface area (Å²) in [6.07, 6.45) is 11.5. The number of rotatable bonds is 5. The van der Waals surface area contributed by atoms with Gasteiger partial charge in [0.05, 0.1) is 16.3 Å². The van der Waals surface area contributed by atoms with Crippen molar-refractivity contribution in [1.29, 1.82) is 0 Å². The Hall–Kier alpha value is -3.97. The average Bonchev–Trinajstić information content (AvgIpc) is 3.73. The van der Waals surface area contributed by atoms with Crippen LogP contribution in [0.1, 0.15) is 73.9 Å². The summed E-state index contributed by atoms with van der Waals surface area (Å²) < 4.78 is 25.8. The molecule has 6 nitrogen and oxygen atoms in total. The molecule has 0 atom stereocenters. The van der Waals surface area contributed by atoms with Gasteiger partial charge in [-0.25, -0.2) is 0 Å². The van der Waals surface area contributed by atoms with E-state index in [1.807, 2.05) is 24.3 Å². The Morgan fingerprint density at radius 3 is 1.57 bits per heavy atom. The molecular weight excluding hydrogens is 546 g/mol. The molecule has 8 rings (SSSR count). The normalized spacial score (nSPS) is 19.2. The van der Waals surface area contributed by atoms with Crippen molar-refractivity contribution in [3.8, 4) is 33.4 Å². The third-order valence-electron chi connectivity index (χ3n) is 8.94. The van der Waals surface area contributed by atoms with Gasteiger partial charge in [0.15, 0.2) is 29.3 Å². The highest BCUT2D eigenvalue weighted by molar-refractivity contribution is 7.17. The minimum absolute atomic E-state index is 0.528. The number of carbonyl (C=O) groups is 1. The van der Waals surface area contributed by atoms with E-state index in [-0.39, 0.29) is 0 Å². The van der Waals surface area contributed by atoms with Gasteiger partial charge in [-0.15, -0.1) is 11.3 Å². The number of hydrogen-bond acceptors (Lipinski definition) is 7. The molecule has 42 heavy (non-hydrogen) atoms. The summed E-state index contributed by atoms with van der Waals surface area (Å²) in [6.45, 7) is 0. The molecule has 4 aliphatic rings. The van der Waals surface area contributed by atoms with E-state index in [9.17, 15) is 4.79 Å². The van der Waals surface area contributed by atoms with Crippen molar-refractivity contribution in [1.82, 2.24) is 0 Å². The number of benzene rings is 3. The molecular formula is C35H33NO5S. The van der Waals surface area contributed by atoms with Gasteiger partial charge in [0.25, 0.3) is 11.6 Å². The minimum Gasteiger partial charge on any atom is -0.448 e. The van der Waals surface area contributed by atoms with Gasteiger partial charge in [-0.1, -0.05) is 25.0 Å². The van der Waals surface area contributed by atoms with Crippen LogP contribution in [0.25, 0.3) is 10.4 Å². The molecule has 0 saturated heterocycles. The van der Waals surface area contributed by atoms with Crippen molar-refractivity contribution < 1.29 is 23.7 Å². The molecule has 1 aromatic heterocycles. The topological polar surface area (TPSA) is 57.2 Å². The lowest BCUT2D eigenvalue weighted by molar-refractivity contribution is -0.105. The molecule has 0 unspecified atom stereocenters. The summed E-state index contributed by atoms with van der Waals surface area (Å²) in [6, 6.07) is 24.8. The quantitative estimate of drug-likeness (QED) is 0.220. The van der Waals surface area contributed by atoms with Crippen LogP contribution in [-0.2, 0) is 0 Å². The largest absolute Gasteiger partial charge is 0.448 e. The SMILES string of the molecule is O=Cc1ccc(-c2ccc(N(c3ccc4c(c3)OC3(CCCCC3)O4)c3ccc4c(c3)OC3(CCCCC3)O4)cc2)s1. The van der Waals surface area contributed by atoms with Gasteiger partial charge in [-0.2, -0.15) is 0 Å². The van der Waals surface area contributed by atoms with Crippen molar-refractivity contribution in [2.45, 2.75) is 75.8 Å². The Balaban J connectivity index is 1.17. The highest BCUT2D eigenvalue weighted by Gasteiger charge is 2.44.